The van der Waals surface area contributed by atoms with Crippen molar-refractivity contribution in [2.45, 2.75) is 19.4 Å². The minimum atomic E-state index is -1.50. The third-order valence-corrected chi connectivity index (χ3v) is 2.12. The predicted octanol–water partition coefficient (Wildman–Crippen LogP) is 1.43. The van der Waals surface area contributed by atoms with Gasteiger partial charge in [-0.3, -0.25) is 10.1 Å². The Morgan fingerprint density at radius 1 is 1.35 bits per heavy atom. The summed E-state index contributed by atoms with van der Waals surface area (Å²) in [5.41, 5.74) is 0.180. The Morgan fingerprint density at radius 3 is 2.41 bits per heavy atom. The molecule has 17 heavy (non-hydrogen) atoms. The van der Waals surface area contributed by atoms with Crippen molar-refractivity contribution in [1.29, 1.82) is 0 Å². The number of nitro groups is 1. The summed E-state index contributed by atoms with van der Waals surface area (Å²) in [5.74, 6) is -2.01. The molecule has 1 aromatic carbocycles. The number of hydrogen-bond donors (Lipinski definition) is 0. The third-order valence-electron chi connectivity index (χ3n) is 2.12. The number of esters is 2. The molecule has 90 valence electrons. The van der Waals surface area contributed by atoms with E-state index in [9.17, 15) is 19.7 Å². The first-order chi connectivity index (χ1) is 8.06. The van der Waals surface area contributed by atoms with Crippen LogP contribution in [0.1, 0.15) is 23.7 Å². The number of carbonyl (C=O) groups is 2. The van der Waals surface area contributed by atoms with Gasteiger partial charge in [-0.1, -0.05) is 25.1 Å². The molecule has 0 bridgehead atoms. The topological polar surface area (TPSA) is 86.5 Å². The zero-order valence-electron chi connectivity index (χ0n) is 9.16. The standard InChI is InChI=1S/C11H11NO5/c1-2-9(12(15)16)11(14)17-10(13)8-6-4-3-5-7-8/h3-7,9H,2H2,1H3. The second-order valence-corrected chi connectivity index (χ2v) is 3.28. The van der Waals surface area contributed by atoms with Crippen molar-refractivity contribution in [1.82, 2.24) is 0 Å². The highest BCUT2D eigenvalue weighted by Gasteiger charge is 2.31. The van der Waals surface area contributed by atoms with Crippen molar-refractivity contribution in [3.8, 4) is 0 Å². The number of rotatable bonds is 4. The molecule has 0 saturated heterocycles. The molecule has 0 N–H and O–H groups in total. The van der Waals surface area contributed by atoms with Crippen LogP contribution in [-0.2, 0) is 9.53 Å². The van der Waals surface area contributed by atoms with E-state index in [1.54, 1.807) is 18.2 Å². The summed E-state index contributed by atoms with van der Waals surface area (Å²) < 4.78 is 4.43. The molecular weight excluding hydrogens is 226 g/mol. The number of benzene rings is 1. The molecule has 0 fully saturated rings. The zero-order valence-corrected chi connectivity index (χ0v) is 9.16. The van der Waals surface area contributed by atoms with Crippen LogP contribution >= 0.6 is 0 Å². The number of ether oxygens (including phenoxy) is 1. The van der Waals surface area contributed by atoms with Crippen LogP contribution in [0.3, 0.4) is 0 Å². The fourth-order valence-corrected chi connectivity index (χ4v) is 1.19. The molecule has 1 aromatic rings. The molecule has 0 aliphatic heterocycles. The lowest BCUT2D eigenvalue weighted by molar-refractivity contribution is -0.510. The summed E-state index contributed by atoms with van der Waals surface area (Å²) in [7, 11) is 0. The average Bonchev–Trinajstić information content (AvgIpc) is 2.30. The molecule has 0 aliphatic rings. The first-order valence-electron chi connectivity index (χ1n) is 5.00. The number of hydrogen-bond acceptors (Lipinski definition) is 5. The Kier molecular flexibility index (Phi) is 4.33. The summed E-state index contributed by atoms with van der Waals surface area (Å²) in [6, 6.07) is 6.33. The molecule has 0 aromatic heterocycles. The fraction of sp³-hybridized carbons (Fsp3) is 0.273. The third kappa shape index (κ3) is 3.37. The summed E-state index contributed by atoms with van der Waals surface area (Å²) in [6.45, 7) is 1.47. The van der Waals surface area contributed by atoms with Crippen LogP contribution in [0.15, 0.2) is 30.3 Å². The maximum absolute atomic E-state index is 11.4. The van der Waals surface area contributed by atoms with Gasteiger partial charge in [-0.25, -0.2) is 9.59 Å². The van der Waals surface area contributed by atoms with E-state index >= 15 is 0 Å². The van der Waals surface area contributed by atoms with Crippen LogP contribution in [0.4, 0.5) is 0 Å². The van der Waals surface area contributed by atoms with Gasteiger partial charge in [0, 0.05) is 11.3 Å². The maximum Gasteiger partial charge on any atom is 0.389 e. The van der Waals surface area contributed by atoms with Crippen LogP contribution in [0.5, 0.6) is 0 Å². The Morgan fingerprint density at radius 2 is 1.94 bits per heavy atom. The molecule has 1 rings (SSSR count). The van der Waals surface area contributed by atoms with Crippen molar-refractivity contribution in [2.75, 3.05) is 0 Å². The summed E-state index contributed by atoms with van der Waals surface area (Å²) in [4.78, 5) is 32.5. The summed E-state index contributed by atoms with van der Waals surface area (Å²) in [6.07, 6.45) is -0.0199. The van der Waals surface area contributed by atoms with Crippen molar-refractivity contribution in [2.24, 2.45) is 0 Å². The van der Waals surface area contributed by atoms with Gasteiger partial charge in [0.2, 0.25) is 0 Å². The minimum absolute atomic E-state index is 0.0199. The van der Waals surface area contributed by atoms with Gasteiger partial charge in [-0.05, 0) is 12.1 Å². The van der Waals surface area contributed by atoms with E-state index in [-0.39, 0.29) is 12.0 Å². The van der Waals surface area contributed by atoms with E-state index in [1.165, 1.54) is 19.1 Å². The molecule has 0 aliphatic carbocycles. The molecule has 0 saturated carbocycles. The lowest BCUT2D eigenvalue weighted by Crippen LogP contribution is -2.32. The van der Waals surface area contributed by atoms with Gasteiger partial charge < -0.3 is 4.74 Å². The number of carbonyl (C=O) groups excluding carboxylic acids is 2. The zero-order chi connectivity index (χ0) is 12.8. The Bertz CT molecular complexity index is 429. The van der Waals surface area contributed by atoms with E-state index < -0.39 is 22.9 Å². The predicted molar refractivity (Wildman–Crippen MR) is 57.9 cm³/mol. The molecule has 0 amide bonds. The quantitative estimate of drug-likeness (QED) is 0.342. The monoisotopic (exact) mass is 237 g/mol. The average molecular weight is 237 g/mol. The molecule has 0 radical (unpaired) electrons. The van der Waals surface area contributed by atoms with Gasteiger partial charge in [-0.2, -0.15) is 0 Å². The minimum Gasteiger partial charge on any atom is -0.384 e. The van der Waals surface area contributed by atoms with Crippen LogP contribution in [0, 0.1) is 10.1 Å². The van der Waals surface area contributed by atoms with Gasteiger partial charge in [0.1, 0.15) is 0 Å². The van der Waals surface area contributed by atoms with Crippen molar-refractivity contribution < 1.29 is 19.2 Å². The first-order valence-corrected chi connectivity index (χ1v) is 5.00. The summed E-state index contributed by atoms with van der Waals surface area (Å²) >= 11 is 0. The van der Waals surface area contributed by atoms with Crippen LogP contribution in [0.25, 0.3) is 0 Å². The Labute approximate surface area is 97.3 Å². The van der Waals surface area contributed by atoms with Gasteiger partial charge in [0.25, 0.3) is 0 Å². The highest BCUT2D eigenvalue weighted by molar-refractivity contribution is 5.97. The molecule has 6 heteroatoms. The van der Waals surface area contributed by atoms with Gasteiger partial charge in [-0.15, -0.1) is 0 Å². The van der Waals surface area contributed by atoms with E-state index in [4.69, 9.17) is 0 Å². The van der Waals surface area contributed by atoms with Gasteiger partial charge in [0.15, 0.2) is 0 Å². The van der Waals surface area contributed by atoms with Crippen molar-refractivity contribution >= 4 is 11.9 Å². The van der Waals surface area contributed by atoms with E-state index in [1.807, 2.05) is 0 Å². The number of nitrogens with zero attached hydrogens (tertiary/aromatic N) is 1. The van der Waals surface area contributed by atoms with E-state index in [2.05, 4.69) is 4.74 Å². The van der Waals surface area contributed by atoms with Crippen LogP contribution in [0.2, 0.25) is 0 Å². The highest BCUT2D eigenvalue weighted by Crippen LogP contribution is 2.05. The first kappa shape index (κ1) is 12.8. The molecule has 1 atom stereocenters. The van der Waals surface area contributed by atoms with Crippen molar-refractivity contribution in [3.63, 3.8) is 0 Å². The molecule has 0 spiro atoms. The van der Waals surface area contributed by atoms with Gasteiger partial charge in [0.05, 0.1) is 5.56 Å². The molecule has 6 nitrogen and oxygen atoms in total. The second-order valence-electron chi connectivity index (χ2n) is 3.28. The Balaban J connectivity index is 2.69. The normalized spacial score (nSPS) is 11.6. The SMILES string of the molecule is CCC(C(=O)OC(=O)c1ccccc1)[N+](=O)[O-]. The van der Waals surface area contributed by atoms with E-state index in [0.29, 0.717) is 0 Å². The lowest BCUT2D eigenvalue weighted by Gasteiger charge is -2.05. The highest BCUT2D eigenvalue weighted by atomic mass is 16.6. The lowest BCUT2D eigenvalue weighted by atomic mass is 10.2. The molecular formula is C11H11NO5. The van der Waals surface area contributed by atoms with Gasteiger partial charge >= 0.3 is 18.0 Å². The Hall–Kier alpha value is -2.24. The molecule has 1 unspecified atom stereocenters. The smallest absolute Gasteiger partial charge is 0.384 e. The van der Waals surface area contributed by atoms with Crippen molar-refractivity contribution in [3.05, 3.63) is 46.0 Å². The second kappa shape index (κ2) is 5.74. The van der Waals surface area contributed by atoms with Crippen LogP contribution in [-0.4, -0.2) is 22.9 Å². The summed E-state index contributed by atoms with van der Waals surface area (Å²) in [5, 5.41) is 10.5. The van der Waals surface area contributed by atoms with Crippen LogP contribution < -0.4 is 0 Å². The maximum atomic E-state index is 11.4. The largest absolute Gasteiger partial charge is 0.389 e. The van der Waals surface area contributed by atoms with E-state index in [0.717, 1.165) is 0 Å². The molecule has 0 heterocycles. The fourth-order valence-electron chi connectivity index (χ4n) is 1.19.